The molecule has 1 aliphatic rings. The summed E-state index contributed by atoms with van der Waals surface area (Å²) in [5.74, 6) is 0. The van der Waals surface area contributed by atoms with Crippen LogP contribution in [0.25, 0.3) is 0 Å². The van der Waals surface area contributed by atoms with E-state index in [-0.39, 0.29) is 0 Å². The third-order valence-electron chi connectivity index (χ3n) is 0.957. The summed E-state index contributed by atoms with van der Waals surface area (Å²) >= 11 is 0. The summed E-state index contributed by atoms with van der Waals surface area (Å²) in [5.41, 5.74) is 4.50. The summed E-state index contributed by atoms with van der Waals surface area (Å²) in [6.45, 7) is 4.50. The largest absolute Gasteiger partial charge is 0.333 e. The van der Waals surface area contributed by atoms with Gasteiger partial charge in [0.25, 0.3) is 0 Å². The highest BCUT2D eigenvalue weighted by atomic mass is 16.1. The van der Waals surface area contributed by atoms with E-state index < -0.39 is 0 Å². The van der Waals surface area contributed by atoms with Crippen molar-refractivity contribution < 1.29 is 4.79 Å². The Kier molecular flexibility index (Phi) is 19.8. The average Bonchev–Trinajstić information content (AvgIpc) is 2.51. The van der Waals surface area contributed by atoms with Crippen molar-refractivity contribution in [1.29, 1.82) is 0 Å². The van der Waals surface area contributed by atoms with E-state index in [1.165, 1.54) is 33.0 Å². The summed E-state index contributed by atoms with van der Waals surface area (Å²) in [5, 5.41) is 3.22. The monoisotopic (exact) mass is 132 g/mol. The number of hydrogen-bond acceptors (Lipinski definition) is 3. The van der Waals surface area contributed by atoms with E-state index in [1.54, 1.807) is 0 Å². The molecule has 0 bridgehead atoms. The minimum Gasteiger partial charge on any atom is -0.333 e. The number of nitrogens with two attached hydrogens (primary N) is 1. The lowest BCUT2D eigenvalue weighted by Gasteiger charge is -1.76. The molecule has 1 heterocycles. The van der Waals surface area contributed by atoms with Crippen molar-refractivity contribution in [2.24, 2.45) is 5.73 Å². The molecule has 1 rings (SSSR count). The molecule has 56 valence electrons. The van der Waals surface area contributed by atoms with Gasteiger partial charge in [-0.3, -0.25) is 0 Å². The second-order valence-corrected chi connectivity index (χ2v) is 1.46. The molecule has 0 aromatic heterocycles. The van der Waals surface area contributed by atoms with Crippen molar-refractivity contribution >= 4 is 6.79 Å². The van der Waals surface area contributed by atoms with Gasteiger partial charge in [0.15, 0.2) is 0 Å². The summed E-state index contributed by atoms with van der Waals surface area (Å²) < 4.78 is 0. The molecule has 3 nitrogen and oxygen atoms in total. The molecule has 9 heavy (non-hydrogen) atoms. The summed E-state index contributed by atoms with van der Waals surface area (Å²) in [6.07, 6.45) is 2.78. The standard InChI is InChI=1S/C4H9N.CH5N.CH2O/c1-2-4-5-3-1;2*1-2/h5H,1-4H2;2H2,1H3;1H2. The van der Waals surface area contributed by atoms with Gasteiger partial charge in [0, 0.05) is 0 Å². The van der Waals surface area contributed by atoms with E-state index in [2.05, 4.69) is 11.1 Å². The van der Waals surface area contributed by atoms with E-state index in [0.29, 0.717) is 0 Å². The zero-order chi connectivity index (χ0) is 7.54. The average molecular weight is 132 g/mol. The first-order valence-electron chi connectivity index (χ1n) is 3.07. The predicted octanol–water partition coefficient (Wildman–Crippen LogP) is -0.240. The van der Waals surface area contributed by atoms with Gasteiger partial charge in [-0.2, -0.15) is 0 Å². The van der Waals surface area contributed by atoms with Crippen molar-refractivity contribution in [3.05, 3.63) is 0 Å². The van der Waals surface area contributed by atoms with Crippen molar-refractivity contribution in [3.63, 3.8) is 0 Å². The third kappa shape index (κ3) is 11.3. The van der Waals surface area contributed by atoms with E-state index >= 15 is 0 Å². The summed E-state index contributed by atoms with van der Waals surface area (Å²) in [4.78, 5) is 8.00. The topological polar surface area (TPSA) is 55.1 Å². The number of carbonyl (C=O) groups is 1. The molecule has 0 aliphatic carbocycles. The first kappa shape index (κ1) is 11.4. The van der Waals surface area contributed by atoms with Gasteiger partial charge in [-0.15, -0.1) is 0 Å². The van der Waals surface area contributed by atoms with Crippen LogP contribution in [0.2, 0.25) is 0 Å². The molecule has 0 aromatic rings. The van der Waals surface area contributed by atoms with Gasteiger partial charge in [0.05, 0.1) is 0 Å². The lowest BCUT2D eigenvalue weighted by molar-refractivity contribution is -0.0979. The highest BCUT2D eigenvalue weighted by Crippen LogP contribution is 1.90. The molecule has 0 radical (unpaired) electrons. The molecule has 1 aliphatic heterocycles. The fraction of sp³-hybridized carbons (Fsp3) is 0.833. The maximum atomic E-state index is 8.00. The molecule has 0 saturated carbocycles. The van der Waals surface area contributed by atoms with Crippen LogP contribution in [-0.4, -0.2) is 26.9 Å². The van der Waals surface area contributed by atoms with Gasteiger partial charge < -0.3 is 15.8 Å². The van der Waals surface area contributed by atoms with Crippen molar-refractivity contribution in [3.8, 4) is 0 Å². The second kappa shape index (κ2) is 15.6. The zero-order valence-electron chi connectivity index (χ0n) is 6.02. The summed E-state index contributed by atoms with van der Waals surface area (Å²) in [6, 6.07) is 0. The predicted molar refractivity (Wildman–Crippen MR) is 39.3 cm³/mol. The highest BCUT2D eigenvalue weighted by molar-refractivity contribution is 5.10. The summed E-state index contributed by atoms with van der Waals surface area (Å²) in [7, 11) is 1.50. The van der Waals surface area contributed by atoms with Gasteiger partial charge in [-0.25, -0.2) is 0 Å². The smallest absolute Gasteiger partial charge is 0.106 e. The Hall–Kier alpha value is -0.410. The maximum absolute atomic E-state index is 8.00. The molecule has 0 unspecified atom stereocenters. The molecule has 1 saturated heterocycles. The highest BCUT2D eigenvalue weighted by Gasteiger charge is 1.93. The van der Waals surface area contributed by atoms with E-state index in [0.717, 1.165) is 0 Å². The van der Waals surface area contributed by atoms with Gasteiger partial charge in [-0.1, -0.05) is 0 Å². The van der Waals surface area contributed by atoms with Crippen LogP contribution in [0.4, 0.5) is 0 Å². The van der Waals surface area contributed by atoms with Gasteiger partial charge in [-0.05, 0) is 33.0 Å². The van der Waals surface area contributed by atoms with Crippen LogP contribution in [-0.2, 0) is 4.79 Å². The molecule has 0 atom stereocenters. The Bertz CT molecular complexity index is 30.4. The first-order chi connectivity index (χ1) is 4.50. The molecule has 3 N–H and O–H groups in total. The molecule has 0 aromatic carbocycles. The van der Waals surface area contributed by atoms with Crippen LogP contribution >= 0.6 is 0 Å². The van der Waals surface area contributed by atoms with Gasteiger partial charge in [0.2, 0.25) is 0 Å². The number of carbonyl (C=O) groups excluding carboxylic acids is 1. The van der Waals surface area contributed by atoms with Crippen LogP contribution in [0.3, 0.4) is 0 Å². The molecule has 1 fully saturated rings. The zero-order valence-corrected chi connectivity index (χ0v) is 6.02. The van der Waals surface area contributed by atoms with Crippen LogP contribution in [0, 0.1) is 0 Å². The quantitative estimate of drug-likeness (QED) is 0.478. The maximum Gasteiger partial charge on any atom is 0.106 e. The van der Waals surface area contributed by atoms with Crippen LogP contribution < -0.4 is 11.1 Å². The minimum absolute atomic E-state index is 1.25. The minimum atomic E-state index is 1.25. The lowest BCUT2D eigenvalue weighted by Crippen LogP contribution is -2.03. The fourth-order valence-corrected chi connectivity index (χ4v) is 0.625. The molecule has 0 amide bonds. The Morgan fingerprint density at radius 3 is 1.67 bits per heavy atom. The van der Waals surface area contributed by atoms with Crippen LogP contribution in [0.1, 0.15) is 12.8 Å². The molecular formula is C6H16N2O. The van der Waals surface area contributed by atoms with Crippen LogP contribution in [0.15, 0.2) is 0 Å². The normalized spacial score (nSPS) is 14.4. The molecule has 0 spiro atoms. The van der Waals surface area contributed by atoms with Gasteiger partial charge >= 0.3 is 0 Å². The van der Waals surface area contributed by atoms with Gasteiger partial charge in [0.1, 0.15) is 6.79 Å². The Labute approximate surface area is 56.6 Å². The number of nitrogens with one attached hydrogen (secondary N) is 1. The number of rotatable bonds is 0. The Morgan fingerprint density at radius 2 is 1.56 bits per heavy atom. The lowest BCUT2D eigenvalue weighted by atomic mass is 10.4. The molecule has 3 heteroatoms. The van der Waals surface area contributed by atoms with Crippen molar-refractivity contribution in [2.45, 2.75) is 12.8 Å². The fourth-order valence-electron chi connectivity index (χ4n) is 0.625. The van der Waals surface area contributed by atoms with Crippen LogP contribution in [0.5, 0.6) is 0 Å². The second-order valence-electron chi connectivity index (χ2n) is 1.46. The Balaban J connectivity index is 0. The van der Waals surface area contributed by atoms with E-state index in [1.807, 2.05) is 6.79 Å². The number of hydrogen-bond donors (Lipinski definition) is 2. The first-order valence-corrected chi connectivity index (χ1v) is 3.07. The SMILES string of the molecule is C1CCNC1.C=O.CN. The Morgan fingerprint density at radius 1 is 1.22 bits per heavy atom. The molecular weight excluding hydrogens is 116 g/mol. The van der Waals surface area contributed by atoms with Crippen molar-refractivity contribution in [2.75, 3.05) is 20.1 Å². The van der Waals surface area contributed by atoms with E-state index in [4.69, 9.17) is 4.79 Å². The van der Waals surface area contributed by atoms with E-state index in [9.17, 15) is 0 Å². The van der Waals surface area contributed by atoms with Crippen molar-refractivity contribution in [1.82, 2.24) is 5.32 Å². The third-order valence-corrected chi connectivity index (χ3v) is 0.957.